The molecular weight excluding hydrogens is 236 g/mol. The molecule has 3 nitrogen and oxygen atoms in total. The van der Waals surface area contributed by atoms with E-state index in [2.05, 4.69) is 11.9 Å². The number of H-pyrrole nitrogens is 1. The Bertz CT molecular complexity index is 546. The first kappa shape index (κ1) is 12.3. The molecule has 1 aromatic carbocycles. The van der Waals surface area contributed by atoms with Crippen LogP contribution in [0.4, 0.5) is 0 Å². The summed E-state index contributed by atoms with van der Waals surface area (Å²) in [4.78, 5) is 3.33. The van der Waals surface area contributed by atoms with Gasteiger partial charge < -0.3 is 15.5 Å². The lowest BCUT2D eigenvalue weighted by Gasteiger charge is -2.07. The number of ether oxygens (including phenoxy) is 1. The van der Waals surface area contributed by atoms with Crippen LogP contribution in [0.3, 0.4) is 0 Å². The van der Waals surface area contributed by atoms with Gasteiger partial charge in [-0.3, -0.25) is 0 Å². The van der Waals surface area contributed by atoms with Crippen LogP contribution in [0.5, 0.6) is 5.75 Å². The van der Waals surface area contributed by atoms with E-state index in [0.29, 0.717) is 10.8 Å². The van der Waals surface area contributed by atoms with Gasteiger partial charge in [-0.05, 0) is 38.0 Å². The Morgan fingerprint density at radius 3 is 2.76 bits per heavy atom. The number of nitrogens with one attached hydrogen (secondary N) is 1. The van der Waals surface area contributed by atoms with Crippen molar-refractivity contribution < 1.29 is 4.74 Å². The number of benzene rings is 1. The number of methoxy groups -OCH3 is 1. The Hall–Kier alpha value is -1.19. The molecule has 0 amide bonds. The standard InChI is InChI=1S/C13H17ClN2O/c1-7(15)4-9-8(2)16-12-6-11(14)13(17-3)5-10(9)12/h5-7,16H,4,15H2,1-3H3. The van der Waals surface area contributed by atoms with Gasteiger partial charge in [-0.2, -0.15) is 0 Å². The number of aromatic amines is 1. The molecule has 0 radical (unpaired) electrons. The normalized spacial score (nSPS) is 13.0. The minimum atomic E-state index is 0.134. The molecule has 1 unspecified atom stereocenters. The molecule has 0 fully saturated rings. The maximum Gasteiger partial charge on any atom is 0.138 e. The average Bonchev–Trinajstić information content (AvgIpc) is 2.53. The van der Waals surface area contributed by atoms with Crippen molar-refractivity contribution in [1.82, 2.24) is 4.98 Å². The fourth-order valence-electron chi connectivity index (χ4n) is 2.13. The molecule has 0 saturated carbocycles. The summed E-state index contributed by atoms with van der Waals surface area (Å²) in [6.45, 7) is 4.06. The molecule has 1 heterocycles. The fraction of sp³-hybridized carbons (Fsp3) is 0.385. The molecule has 1 aromatic heterocycles. The Balaban J connectivity index is 2.63. The van der Waals surface area contributed by atoms with Gasteiger partial charge in [0.2, 0.25) is 0 Å². The molecule has 2 rings (SSSR count). The van der Waals surface area contributed by atoms with Gasteiger partial charge in [-0.25, -0.2) is 0 Å². The van der Waals surface area contributed by atoms with Crippen LogP contribution in [-0.2, 0) is 6.42 Å². The molecule has 17 heavy (non-hydrogen) atoms. The number of hydrogen-bond acceptors (Lipinski definition) is 2. The number of halogens is 1. The second-order valence-electron chi connectivity index (χ2n) is 4.44. The minimum Gasteiger partial charge on any atom is -0.495 e. The Labute approximate surface area is 106 Å². The lowest BCUT2D eigenvalue weighted by molar-refractivity contribution is 0.415. The van der Waals surface area contributed by atoms with Gasteiger partial charge in [0, 0.05) is 22.6 Å². The summed E-state index contributed by atoms with van der Waals surface area (Å²) < 4.78 is 5.25. The monoisotopic (exact) mass is 252 g/mol. The van der Waals surface area contributed by atoms with Gasteiger partial charge in [0.25, 0.3) is 0 Å². The van der Waals surface area contributed by atoms with Crippen LogP contribution in [0.2, 0.25) is 5.02 Å². The molecule has 1 atom stereocenters. The second-order valence-corrected chi connectivity index (χ2v) is 4.85. The van der Waals surface area contributed by atoms with Crippen molar-refractivity contribution >= 4 is 22.5 Å². The SMILES string of the molecule is COc1cc2c(CC(C)N)c(C)[nH]c2cc1Cl. The zero-order valence-electron chi connectivity index (χ0n) is 10.3. The zero-order valence-corrected chi connectivity index (χ0v) is 11.1. The number of aryl methyl sites for hydroxylation is 1. The van der Waals surface area contributed by atoms with Gasteiger partial charge in [-0.15, -0.1) is 0 Å². The Kier molecular flexibility index (Phi) is 3.31. The first-order valence-electron chi connectivity index (χ1n) is 5.63. The number of fused-ring (bicyclic) bond motifs is 1. The van der Waals surface area contributed by atoms with Crippen LogP contribution in [0.25, 0.3) is 10.9 Å². The summed E-state index contributed by atoms with van der Waals surface area (Å²) in [5.74, 6) is 0.698. The predicted molar refractivity (Wildman–Crippen MR) is 72.0 cm³/mol. The van der Waals surface area contributed by atoms with Crippen LogP contribution in [0, 0.1) is 6.92 Å². The molecule has 0 spiro atoms. The van der Waals surface area contributed by atoms with Gasteiger partial charge >= 0.3 is 0 Å². The highest BCUT2D eigenvalue weighted by atomic mass is 35.5. The molecule has 4 heteroatoms. The molecule has 0 aliphatic heterocycles. The summed E-state index contributed by atoms with van der Waals surface area (Å²) in [5, 5.41) is 1.76. The molecule has 0 aliphatic carbocycles. The third-order valence-electron chi connectivity index (χ3n) is 2.92. The van der Waals surface area contributed by atoms with Crippen molar-refractivity contribution in [2.24, 2.45) is 5.73 Å². The number of hydrogen-bond donors (Lipinski definition) is 2. The summed E-state index contributed by atoms with van der Waals surface area (Å²) in [6, 6.07) is 4.00. The highest BCUT2D eigenvalue weighted by molar-refractivity contribution is 6.32. The van der Waals surface area contributed by atoms with Crippen LogP contribution in [0.15, 0.2) is 12.1 Å². The molecule has 2 aromatic rings. The van der Waals surface area contributed by atoms with Crippen molar-refractivity contribution in [3.63, 3.8) is 0 Å². The van der Waals surface area contributed by atoms with Gasteiger partial charge in [0.1, 0.15) is 5.75 Å². The maximum atomic E-state index is 6.10. The first-order chi connectivity index (χ1) is 8.02. The van der Waals surface area contributed by atoms with Crippen LogP contribution in [0.1, 0.15) is 18.2 Å². The molecular formula is C13H17ClN2O. The summed E-state index contributed by atoms with van der Waals surface area (Å²) in [6.07, 6.45) is 0.844. The Morgan fingerprint density at radius 1 is 1.47 bits per heavy atom. The highest BCUT2D eigenvalue weighted by Crippen LogP contribution is 2.33. The fourth-order valence-corrected chi connectivity index (χ4v) is 2.37. The van der Waals surface area contributed by atoms with Gasteiger partial charge in [0.15, 0.2) is 0 Å². The Morgan fingerprint density at radius 2 is 2.18 bits per heavy atom. The molecule has 0 saturated heterocycles. The molecule has 0 aliphatic rings. The van der Waals surface area contributed by atoms with Crippen molar-refractivity contribution in [3.05, 3.63) is 28.4 Å². The van der Waals surface area contributed by atoms with Crippen molar-refractivity contribution in [2.45, 2.75) is 26.3 Å². The van der Waals surface area contributed by atoms with E-state index < -0.39 is 0 Å². The smallest absolute Gasteiger partial charge is 0.138 e. The van der Waals surface area contributed by atoms with E-state index in [1.807, 2.05) is 19.1 Å². The third kappa shape index (κ3) is 2.26. The van der Waals surface area contributed by atoms with E-state index in [-0.39, 0.29) is 6.04 Å². The quantitative estimate of drug-likeness (QED) is 0.882. The lowest BCUT2D eigenvalue weighted by Crippen LogP contribution is -2.18. The van der Waals surface area contributed by atoms with Crippen LogP contribution < -0.4 is 10.5 Å². The second kappa shape index (κ2) is 4.59. The third-order valence-corrected chi connectivity index (χ3v) is 3.21. The summed E-state index contributed by atoms with van der Waals surface area (Å²) >= 11 is 6.10. The summed E-state index contributed by atoms with van der Waals surface area (Å²) in [7, 11) is 1.62. The van der Waals surface area contributed by atoms with E-state index in [0.717, 1.165) is 23.0 Å². The largest absolute Gasteiger partial charge is 0.495 e. The van der Waals surface area contributed by atoms with E-state index in [1.54, 1.807) is 7.11 Å². The topological polar surface area (TPSA) is 51.0 Å². The average molecular weight is 253 g/mol. The van der Waals surface area contributed by atoms with Gasteiger partial charge in [0.05, 0.1) is 12.1 Å². The maximum absolute atomic E-state index is 6.10. The van der Waals surface area contributed by atoms with Crippen molar-refractivity contribution in [3.8, 4) is 5.75 Å². The minimum absolute atomic E-state index is 0.134. The molecule has 0 bridgehead atoms. The van der Waals surface area contributed by atoms with Crippen LogP contribution in [-0.4, -0.2) is 18.1 Å². The highest BCUT2D eigenvalue weighted by Gasteiger charge is 2.13. The van der Waals surface area contributed by atoms with Crippen molar-refractivity contribution in [1.29, 1.82) is 0 Å². The zero-order chi connectivity index (χ0) is 12.6. The molecule has 92 valence electrons. The number of nitrogens with two attached hydrogens (primary N) is 1. The van der Waals surface area contributed by atoms with E-state index in [1.165, 1.54) is 5.56 Å². The summed E-state index contributed by atoms with van der Waals surface area (Å²) in [5.41, 5.74) is 9.29. The van der Waals surface area contributed by atoms with Crippen LogP contribution >= 0.6 is 11.6 Å². The predicted octanol–water partition coefficient (Wildman–Crippen LogP) is 3.03. The molecule has 3 N–H and O–H groups in total. The number of aromatic nitrogens is 1. The van der Waals surface area contributed by atoms with Gasteiger partial charge in [-0.1, -0.05) is 11.6 Å². The van der Waals surface area contributed by atoms with E-state index in [4.69, 9.17) is 22.1 Å². The van der Waals surface area contributed by atoms with Crippen molar-refractivity contribution in [2.75, 3.05) is 7.11 Å². The first-order valence-corrected chi connectivity index (χ1v) is 6.01. The van der Waals surface area contributed by atoms with E-state index >= 15 is 0 Å². The lowest BCUT2D eigenvalue weighted by atomic mass is 10.0. The van der Waals surface area contributed by atoms with E-state index in [9.17, 15) is 0 Å². The number of rotatable bonds is 3.